The van der Waals surface area contributed by atoms with Crippen molar-refractivity contribution in [2.45, 2.75) is 39.8 Å². The lowest BCUT2D eigenvalue weighted by Crippen LogP contribution is -2.39. The van der Waals surface area contributed by atoms with E-state index in [0.29, 0.717) is 5.84 Å². The van der Waals surface area contributed by atoms with Crippen molar-refractivity contribution in [3.63, 3.8) is 0 Å². The van der Waals surface area contributed by atoms with Gasteiger partial charge in [0.15, 0.2) is 0 Å². The van der Waals surface area contributed by atoms with Gasteiger partial charge >= 0.3 is 0 Å². The van der Waals surface area contributed by atoms with Crippen molar-refractivity contribution in [1.82, 2.24) is 10.2 Å². The van der Waals surface area contributed by atoms with Crippen LogP contribution in [0.15, 0.2) is 24.0 Å². The van der Waals surface area contributed by atoms with Crippen molar-refractivity contribution in [2.24, 2.45) is 5.41 Å². The lowest BCUT2D eigenvalue weighted by Gasteiger charge is -2.28. The van der Waals surface area contributed by atoms with Gasteiger partial charge in [-0.05, 0) is 13.8 Å². The molecular formula is C13H23N3O. The van der Waals surface area contributed by atoms with Gasteiger partial charge in [-0.3, -0.25) is 5.41 Å². The number of aliphatic hydroxyl groups excluding tert-OH is 1. The minimum absolute atomic E-state index is 0.131. The Balaban J connectivity index is 3.09. The number of aliphatic hydroxyl groups is 1. The average molecular weight is 237 g/mol. The highest BCUT2D eigenvalue weighted by molar-refractivity contribution is 5.97. The monoisotopic (exact) mass is 237 g/mol. The maximum absolute atomic E-state index is 10.2. The van der Waals surface area contributed by atoms with Gasteiger partial charge in [0.1, 0.15) is 5.84 Å². The Morgan fingerprint density at radius 1 is 1.59 bits per heavy atom. The van der Waals surface area contributed by atoms with Gasteiger partial charge in [-0.25, -0.2) is 0 Å². The number of allylic oxidation sites excluding steroid dienone is 1. The highest BCUT2D eigenvalue weighted by Gasteiger charge is 2.48. The second-order valence-electron chi connectivity index (χ2n) is 5.02. The van der Waals surface area contributed by atoms with E-state index in [1.165, 1.54) is 0 Å². The van der Waals surface area contributed by atoms with Crippen LogP contribution in [-0.4, -0.2) is 35.0 Å². The Morgan fingerprint density at radius 2 is 2.12 bits per heavy atom. The minimum atomic E-state index is -0.509. The molecule has 0 bridgehead atoms. The summed E-state index contributed by atoms with van der Waals surface area (Å²) in [6.07, 6.45) is 1.34. The molecule has 1 fully saturated rings. The zero-order valence-corrected chi connectivity index (χ0v) is 11.3. The van der Waals surface area contributed by atoms with Gasteiger partial charge in [0.05, 0.1) is 17.8 Å². The molecule has 1 rings (SSSR count). The van der Waals surface area contributed by atoms with Crippen LogP contribution in [0.25, 0.3) is 0 Å². The van der Waals surface area contributed by atoms with E-state index >= 15 is 0 Å². The van der Waals surface area contributed by atoms with Crippen molar-refractivity contribution >= 4 is 5.84 Å². The third-order valence-electron chi connectivity index (χ3n) is 3.69. The molecule has 1 heterocycles. The summed E-state index contributed by atoms with van der Waals surface area (Å²) in [5.74, 6) is 0.358. The molecule has 1 saturated heterocycles. The van der Waals surface area contributed by atoms with E-state index in [9.17, 15) is 5.11 Å². The number of amidine groups is 1. The average Bonchev–Trinajstić information content (AvgIpc) is 2.42. The van der Waals surface area contributed by atoms with E-state index in [2.05, 4.69) is 11.9 Å². The van der Waals surface area contributed by atoms with Crippen LogP contribution >= 0.6 is 0 Å². The maximum atomic E-state index is 10.2. The lowest BCUT2D eigenvalue weighted by molar-refractivity contribution is 0.0773. The van der Waals surface area contributed by atoms with Crippen LogP contribution in [-0.2, 0) is 0 Å². The van der Waals surface area contributed by atoms with Crippen molar-refractivity contribution in [3.05, 3.63) is 24.0 Å². The van der Waals surface area contributed by atoms with E-state index in [0.717, 1.165) is 11.4 Å². The molecule has 0 radical (unpaired) electrons. The maximum Gasteiger partial charge on any atom is 0.148 e. The Kier molecular flexibility index (Phi) is 3.67. The van der Waals surface area contributed by atoms with Crippen LogP contribution in [0.2, 0.25) is 0 Å². The molecule has 2 atom stereocenters. The zero-order valence-electron chi connectivity index (χ0n) is 11.3. The van der Waals surface area contributed by atoms with E-state index in [1.54, 1.807) is 11.9 Å². The number of hydrogen-bond donors (Lipinski definition) is 3. The first kappa shape index (κ1) is 13.8. The third kappa shape index (κ3) is 1.97. The Labute approximate surface area is 104 Å². The number of likely N-dealkylation sites (N-methyl/N-ethyl adjacent to an activating group) is 1. The first-order valence-electron chi connectivity index (χ1n) is 5.88. The topological polar surface area (TPSA) is 59.4 Å². The molecule has 1 aliphatic heterocycles. The molecule has 0 amide bonds. The zero-order chi connectivity index (χ0) is 13.4. The quantitative estimate of drug-likeness (QED) is 0.506. The third-order valence-corrected chi connectivity index (χ3v) is 3.69. The van der Waals surface area contributed by atoms with Crippen LogP contribution in [0.1, 0.15) is 27.7 Å². The van der Waals surface area contributed by atoms with E-state index in [-0.39, 0.29) is 6.04 Å². The number of nitrogens with zero attached hydrogens (tertiary/aromatic N) is 1. The fraction of sp³-hybridized carbons (Fsp3) is 0.615. The van der Waals surface area contributed by atoms with Gasteiger partial charge in [0.25, 0.3) is 0 Å². The first-order valence-corrected chi connectivity index (χ1v) is 5.88. The van der Waals surface area contributed by atoms with Crippen LogP contribution in [0.5, 0.6) is 0 Å². The van der Waals surface area contributed by atoms with Gasteiger partial charge in [-0.15, -0.1) is 0 Å². The second kappa shape index (κ2) is 4.53. The summed E-state index contributed by atoms with van der Waals surface area (Å²) in [4.78, 5) is 1.80. The Hall–Kier alpha value is -1.29. The molecule has 4 heteroatoms. The predicted molar refractivity (Wildman–Crippen MR) is 70.8 cm³/mol. The molecule has 0 aromatic rings. The molecule has 0 spiro atoms. The second-order valence-corrected chi connectivity index (χ2v) is 5.02. The number of nitrogens with one attached hydrogen (secondary N) is 2. The SMILES string of the molecule is C=C1N(C(=N)/C(=C\C)NC)[C@@H](C)C(O)C1(C)C. The minimum Gasteiger partial charge on any atom is -0.390 e. The van der Waals surface area contributed by atoms with Gasteiger partial charge in [-0.2, -0.15) is 0 Å². The number of rotatable bonds is 2. The van der Waals surface area contributed by atoms with Gasteiger partial charge < -0.3 is 15.3 Å². The van der Waals surface area contributed by atoms with Crippen molar-refractivity contribution in [3.8, 4) is 0 Å². The van der Waals surface area contributed by atoms with E-state index in [4.69, 9.17) is 5.41 Å². The summed E-state index contributed by atoms with van der Waals surface area (Å²) in [6.45, 7) is 11.7. The highest BCUT2D eigenvalue weighted by Crippen LogP contribution is 2.42. The molecule has 0 aromatic heterocycles. The van der Waals surface area contributed by atoms with Gasteiger partial charge in [-0.1, -0.05) is 26.5 Å². The fourth-order valence-corrected chi connectivity index (χ4v) is 2.34. The Morgan fingerprint density at radius 3 is 2.41 bits per heavy atom. The van der Waals surface area contributed by atoms with E-state index in [1.807, 2.05) is 33.8 Å². The van der Waals surface area contributed by atoms with Crippen molar-refractivity contribution < 1.29 is 5.11 Å². The highest BCUT2D eigenvalue weighted by atomic mass is 16.3. The van der Waals surface area contributed by atoms with Crippen LogP contribution < -0.4 is 5.32 Å². The standard InChI is InChI=1S/C13H23N3O/c1-7-10(15-6)12(14)16-8(2)11(17)13(4,5)9(16)3/h7-8,11,14-15,17H,3H2,1-2,4-6H3/b10-7+,14-12?/t8-,11?/m0/s1. The first-order chi connectivity index (χ1) is 7.78. The molecule has 1 aliphatic rings. The van der Waals surface area contributed by atoms with Gasteiger partial charge in [0.2, 0.25) is 0 Å². The lowest BCUT2D eigenvalue weighted by atomic mass is 9.85. The summed E-state index contributed by atoms with van der Waals surface area (Å²) in [5.41, 5.74) is 1.14. The summed E-state index contributed by atoms with van der Waals surface area (Å²) >= 11 is 0. The number of hydrogen-bond acceptors (Lipinski definition) is 3. The molecule has 0 aliphatic carbocycles. The Bertz CT molecular complexity index is 371. The van der Waals surface area contributed by atoms with Crippen LogP contribution in [0.3, 0.4) is 0 Å². The van der Waals surface area contributed by atoms with Crippen molar-refractivity contribution in [1.29, 1.82) is 5.41 Å². The van der Waals surface area contributed by atoms with Crippen LogP contribution in [0.4, 0.5) is 0 Å². The smallest absolute Gasteiger partial charge is 0.148 e. The molecule has 3 N–H and O–H groups in total. The fourth-order valence-electron chi connectivity index (χ4n) is 2.34. The van der Waals surface area contributed by atoms with E-state index < -0.39 is 11.5 Å². The summed E-state index contributed by atoms with van der Waals surface area (Å²) < 4.78 is 0. The van der Waals surface area contributed by atoms with Crippen LogP contribution in [0, 0.1) is 10.8 Å². The summed E-state index contributed by atoms with van der Waals surface area (Å²) in [5, 5.41) is 21.4. The molecule has 1 unspecified atom stereocenters. The molecule has 0 aromatic carbocycles. The number of likely N-dealkylation sites (tertiary alicyclic amines) is 1. The predicted octanol–water partition coefficient (Wildman–Crippen LogP) is 1.69. The normalized spacial score (nSPS) is 28.5. The summed E-state index contributed by atoms with van der Waals surface area (Å²) in [6, 6.07) is -0.131. The summed E-state index contributed by atoms with van der Waals surface area (Å²) in [7, 11) is 1.79. The molecular weight excluding hydrogens is 214 g/mol. The van der Waals surface area contributed by atoms with Gasteiger partial charge in [0, 0.05) is 18.2 Å². The largest absolute Gasteiger partial charge is 0.390 e. The molecule has 17 heavy (non-hydrogen) atoms. The van der Waals surface area contributed by atoms with Crippen molar-refractivity contribution in [2.75, 3.05) is 7.05 Å². The molecule has 4 nitrogen and oxygen atoms in total. The molecule has 0 saturated carbocycles. The molecule has 96 valence electrons.